The van der Waals surface area contributed by atoms with Crippen molar-refractivity contribution in [2.45, 2.75) is 95.3 Å². The Labute approximate surface area is 193 Å². The molecule has 2 aromatic carbocycles. The van der Waals surface area contributed by atoms with Crippen LogP contribution < -0.4 is 4.74 Å². The maximum atomic E-state index is 11.4. The van der Waals surface area contributed by atoms with E-state index in [1.165, 1.54) is 82.8 Å². The standard InChI is InChI=1S/C26H38O5S/c1-2-3-4-5-6-7-8-9-10-11-12-13-16-22-17-14-15-18-26(22)31-24-19-23(27)20-25(21-24)32(28,29)30/h14-15,17-21,27H,2-13,16H2,1H3,(H,28,29,30). The molecule has 0 aliphatic carbocycles. The van der Waals surface area contributed by atoms with Crippen LogP contribution in [-0.4, -0.2) is 18.1 Å². The van der Waals surface area contributed by atoms with Crippen molar-refractivity contribution in [1.29, 1.82) is 0 Å². The van der Waals surface area contributed by atoms with Crippen molar-refractivity contribution in [3.05, 3.63) is 48.0 Å². The Balaban J connectivity index is 1.74. The molecule has 0 bridgehead atoms. The van der Waals surface area contributed by atoms with Crippen LogP contribution in [0.15, 0.2) is 47.4 Å². The van der Waals surface area contributed by atoms with Crippen molar-refractivity contribution in [2.75, 3.05) is 0 Å². The highest BCUT2D eigenvalue weighted by Gasteiger charge is 2.14. The summed E-state index contributed by atoms with van der Waals surface area (Å²) >= 11 is 0. The zero-order valence-electron chi connectivity index (χ0n) is 19.3. The van der Waals surface area contributed by atoms with Gasteiger partial charge in [-0.15, -0.1) is 0 Å². The summed E-state index contributed by atoms with van der Waals surface area (Å²) in [4.78, 5) is -0.397. The minimum atomic E-state index is -4.42. The van der Waals surface area contributed by atoms with Crippen molar-refractivity contribution in [2.24, 2.45) is 0 Å². The molecule has 0 aliphatic heterocycles. The lowest BCUT2D eigenvalue weighted by Crippen LogP contribution is -1.99. The van der Waals surface area contributed by atoms with E-state index in [1.54, 1.807) is 0 Å². The number of para-hydroxylation sites is 1. The number of unbranched alkanes of at least 4 members (excludes halogenated alkanes) is 11. The lowest BCUT2D eigenvalue weighted by atomic mass is 10.0. The van der Waals surface area contributed by atoms with E-state index in [1.807, 2.05) is 24.3 Å². The fourth-order valence-corrected chi connectivity index (χ4v) is 4.39. The smallest absolute Gasteiger partial charge is 0.294 e. The van der Waals surface area contributed by atoms with Crippen molar-refractivity contribution < 1.29 is 22.8 Å². The molecule has 0 saturated heterocycles. The fraction of sp³-hybridized carbons (Fsp3) is 0.538. The number of aromatic hydroxyl groups is 1. The molecule has 0 amide bonds. The summed E-state index contributed by atoms with van der Waals surface area (Å²) in [5.74, 6) is 0.510. The van der Waals surface area contributed by atoms with E-state index < -0.39 is 15.0 Å². The van der Waals surface area contributed by atoms with Gasteiger partial charge in [0.25, 0.3) is 10.1 Å². The first-order chi connectivity index (χ1) is 15.4. The van der Waals surface area contributed by atoms with Crippen LogP contribution in [0.25, 0.3) is 0 Å². The molecule has 32 heavy (non-hydrogen) atoms. The number of ether oxygens (including phenoxy) is 1. The molecule has 0 fully saturated rings. The van der Waals surface area contributed by atoms with Gasteiger partial charge in [-0.05, 0) is 24.5 Å². The highest BCUT2D eigenvalue weighted by Crippen LogP contribution is 2.31. The van der Waals surface area contributed by atoms with Crippen LogP contribution in [0.4, 0.5) is 0 Å². The Morgan fingerprint density at radius 3 is 1.94 bits per heavy atom. The maximum Gasteiger partial charge on any atom is 0.294 e. The first kappa shape index (κ1) is 26.2. The van der Waals surface area contributed by atoms with Crippen molar-refractivity contribution in [3.8, 4) is 17.2 Å². The number of phenols is 1. The molecule has 2 rings (SSSR count). The van der Waals surface area contributed by atoms with Crippen molar-refractivity contribution >= 4 is 10.1 Å². The summed E-state index contributed by atoms with van der Waals surface area (Å²) in [5.41, 5.74) is 1.04. The normalized spacial score (nSPS) is 11.6. The van der Waals surface area contributed by atoms with Crippen LogP contribution in [-0.2, 0) is 16.5 Å². The third-order valence-corrected chi connectivity index (χ3v) is 6.49. The Morgan fingerprint density at radius 2 is 1.34 bits per heavy atom. The van der Waals surface area contributed by atoms with E-state index in [2.05, 4.69) is 6.92 Å². The van der Waals surface area contributed by atoms with E-state index >= 15 is 0 Å². The molecule has 2 aromatic rings. The molecule has 0 aliphatic rings. The topological polar surface area (TPSA) is 83.8 Å². The van der Waals surface area contributed by atoms with Crippen LogP contribution in [0.5, 0.6) is 17.2 Å². The summed E-state index contributed by atoms with van der Waals surface area (Å²) in [6.07, 6.45) is 16.5. The second-order valence-electron chi connectivity index (χ2n) is 8.49. The van der Waals surface area contributed by atoms with E-state index in [-0.39, 0.29) is 11.5 Å². The molecular formula is C26H38O5S. The zero-order valence-corrected chi connectivity index (χ0v) is 20.1. The Morgan fingerprint density at radius 1 is 0.781 bits per heavy atom. The molecule has 0 saturated carbocycles. The van der Waals surface area contributed by atoms with E-state index in [4.69, 9.17) is 4.74 Å². The minimum absolute atomic E-state index is 0.166. The van der Waals surface area contributed by atoms with Gasteiger partial charge in [0.1, 0.15) is 22.1 Å². The fourth-order valence-electron chi connectivity index (χ4n) is 3.86. The number of hydrogen-bond acceptors (Lipinski definition) is 4. The van der Waals surface area contributed by atoms with Gasteiger partial charge in [0.2, 0.25) is 0 Å². The maximum absolute atomic E-state index is 11.4. The van der Waals surface area contributed by atoms with Crippen molar-refractivity contribution in [3.63, 3.8) is 0 Å². The molecule has 178 valence electrons. The molecule has 2 N–H and O–H groups in total. The van der Waals surface area contributed by atoms with Crippen LogP contribution in [0.2, 0.25) is 0 Å². The number of hydrogen-bond donors (Lipinski definition) is 2. The lowest BCUT2D eigenvalue weighted by Gasteiger charge is -2.12. The summed E-state index contributed by atoms with van der Waals surface area (Å²) in [6.45, 7) is 2.25. The van der Waals surface area contributed by atoms with E-state index in [0.717, 1.165) is 24.5 Å². The number of rotatable bonds is 16. The first-order valence-corrected chi connectivity index (χ1v) is 13.4. The molecule has 6 heteroatoms. The van der Waals surface area contributed by atoms with Gasteiger partial charge in [-0.25, -0.2) is 0 Å². The Hall–Kier alpha value is -2.05. The molecule has 0 spiro atoms. The molecule has 0 heterocycles. The minimum Gasteiger partial charge on any atom is -0.508 e. The third kappa shape index (κ3) is 10.0. The van der Waals surface area contributed by atoms with Gasteiger partial charge in [0.05, 0.1) is 0 Å². The number of phenolic OH excluding ortho intramolecular Hbond substituents is 1. The van der Waals surface area contributed by atoms with Crippen LogP contribution in [0.1, 0.15) is 89.5 Å². The number of benzene rings is 2. The Kier molecular flexibility index (Phi) is 11.6. The quantitative estimate of drug-likeness (QED) is 0.197. The summed E-state index contributed by atoms with van der Waals surface area (Å²) < 4.78 is 37.9. The van der Waals surface area contributed by atoms with Gasteiger partial charge in [0, 0.05) is 18.2 Å². The molecule has 0 aromatic heterocycles. The van der Waals surface area contributed by atoms with Crippen LogP contribution >= 0.6 is 0 Å². The van der Waals surface area contributed by atoms with E-state index in [0.29, 0.717) is 5.75 Å². The molecule has 0 unspecified atom stereocenters. The SMILES string of the molecule is CCCCCCCCCCCCCCc1ccccc1Oc1cc(O)cc(S(=O)(=O)O)c1. The predicted molar refractivity (Wildman–Crippen MR) is 129 cm³/mol. The van der Waals surface area contributed by atoms with Crippen LogP contribution in [0, 0.1) is 0 Å². The summed E-state index contributed by atoms with van der Waals surface area (Å²) in [5, 5.41) is 9.78. The second kappa shape index (κ2) is 14.2. The zero-order chi connectivity index (χ0) is 23.2. The van der Waals surface area contributed by atoms with Gasteiger partial charge in [-0.2, -0.15) is 8.42 Å². The van der Waals surface area contributed by atoms with Gasteiger partial charge >= 0.3 is 0 Å². The van der Waals surface area contributed by atoms with Gasteiger partial charge in [0.15, 0.2) is 0 Å². The lowest BCUT2D eigenvalue weighted by molar-refractivity contribution is 0.444. The van der Waals surface area contributed by atoms with Gasteiger partial charge in [-0.1, -0.05) is 95.8 Å². The van der Waals surface area contributed by atoms with Gasteiger partial charge < -0.3 is 9.84 Å². The highest BCUT2D eigenvalue weighted by atomic mass is 32.2. The summed E-state index contributed by atoms with van der Waals surface area (Å²) in [6, 6.07) is 11.2. The number of aryl methyl sites for hydroxylation is 1. The second-order valence-corrected chi connectivity index (χ2v) is 9.91. The molecular weight excluding hydrogens is 424 g/mol. The molecule has 5 nitrogen and oxygen atoms in total. The largest absolute Gasteiger partial charge is 0.508 e. The highest BCUT2D eigenvalue weighted by molar-refractivity contribution is 7.85. The monoisotopic (exact) mass is 462 g/mol. The van der Waals surface area contributed by atoms with Crippen molar-refractivity contribution in [1.82, 2.24) is 0 Å². The average Bonchev–Trinajstić information content (AvgIpc) is 2.74. The first-order valence-electron chi connectivity index (χ1n) is 12.0. The van der Waals surface area contributed by atoms with Gasteiger partial charge in [-0.3, -0.25) is 4.55 Å². The predicted octanol–water partition coefficient (Wildman–Crippen LogP) is 7.67. The van der Waals surface area contributed by atoms with Crippen LogP contribution in [0.3, 0.4) is 0 Å². The average molecular weight is 463 g/mol. The molecule has 0 atom stereocenters. The Bertz CT molecular complexity index is 908. The third-order valence-electron chi connectivity index (χ3n) is 5.66. The molecule has 0 radical (unpaired) electrons. The summed E-state index contributed by atoms with van der Waals surface area (Å²) in [7, 11) is -4.42. The van der Waals surface area contributed by atoms with E-state index in [9.17, 15) is 18.1 Å².